The molecule has 0 saturated heterocycles. The third-order valence-electron chi connectivity index (χ3n) is 5.36. The summed E-state index contributed by atoms with van der Waals surface area (Å²) in [7, 11) is 1.59. The van der Waals surface area contributed by atoms with Gasteiger partial charge in [0.05, 0.1) is 44.7 Å². The lowest BCUT2D eigenvalue weighted by Crippen LogP contribution is -2.38. The minimum Gasteiger partial charge on any atom is -0.497 e. The molecule has 36 heavy (non-hydrogen) atoms. The summed E-state index contributed by atoms with van der Waals surface area (Å²) in [6.07, 6.45) is 0. The van der Waals surface area contributed by atoms with E-state index in [4.69, 9.17) is 14.3 Å². The Morgan fingerprint density at radius 2 is 1.67 bits per heavy atom. The molecule has 0 spiro atoms. The van der Waals surface area contributed by atoms with E-state index in [1.807, 2.05) is 29.3 Å². The van der Waals surface area contributed by atoms with Gasteiger partial charge in [-0.05, 0) is 61.2 Å². The van der Waals surface area contributed by atoms with Gasteiger partial charge in [0.15, 0.2) is 0 Å². The van der Waals surface area contributed by atoms with Gasteiger partial charge in [-0.2, -0.15) is 0 Å². The minimum atomic E-state index is -0.488. The SMILES string of the molecule is COc1ccc2c(c1)CN(OCCOc1c(Br)cc([N+](=O)[O-])cc1Br)N2Cc1cccc([N+](=O)[O-])c1. The minimum absolute atomic E-state index is 0.0155. The second kappa shape index (κ2) is 11.2. The third-order valence-corrected chi connectivity index (χ3v) is 6.54. The number of non-ortho nitro benzene ring substituents is 2. The van der Waals surface area contributed by atoms with Crippen LogP contribution < -0.4 is 14.5 Å². The normalized spacial score (nSPS) is 12.9. The fourth-order valence-corrected chi connectivity index (χ4v) is 5.11. The van der Waals surface area contributed by atoms with E-state index in [1.54, 1.807) is 18.3 Å². The Morgan fingerprint density at radius 3 is 2.33 bits per heavy atom. The third kappa shape index (κ3) is 5.75. The molecule has 188 valence electrons. The van der Waals surface area contributed by atoms with Gasteiger partial charge in [-0.15, -0.1) is 0 Å². The highest BCUT2D eigenvalue weighted by atomic mass is 79.9. The van der Waals surface area contributed by atoms with Gasteiger partial charge in [0, 0.05) is 24.3 Å². The first-order chi connectivity index (χ1) is 17.3. The highest BCUT2D eigenvalue weighted by Gasteiger charge is 2.29. The number of nitro benzene ring substituents is 2. The van der Waals surface area contributed by atoms with Crippen LogP contribution in [0.15, 0.2) is 63.5 Å². The predicted octanol–water partition coefficient (Wildman–Crippen LogP) is 5.78. The Bertz CT molecular complexity index is 1280. The first-order valence-electron chi connectivity index (χ1n) is 10.6. The molecule has 0 aliphatic carbocycles. The molecule has 0 atom stereocenters. The van der Waals surface area contributed by atoms with Gasteiger partial charge in [0.25, 0.3) is 11.4 Å². The molecule has 4 rings (SSSR count). The topological polar surface area (TPSA) is 120 Å². The van der Waals surface area contributed by atoms with Crippen molar-refractivity contribution in [3.8, 4) is 11.5 Å². The molecule has 3 aromatic carbocycles. The number of hydroxylamine groups is 1. The number of nitro groups is 2. The van der Waals surface area contributed by atoms with Crippen LogP contribution in [0.2, 0.25) is 0 Å². The fraction of sp³-hybridized carbons (Fsp3) is 0.217. The summed E-state index contributed by atoms with van der Waals surface area (Å²) in [6.45, 7) is 1.12. The van der Waals surface area contributed by atoms with Crippen molar-refractivity contribution in [3.63, 3.8) is 0 Å². The zero-order valence-corrected chi connectivity index (χ0v) is 22.1. The number of hydrogen-bond acceptors (Lipinski definition) is 9. The second-order valence-electron chi connectivity index (χ2n) is 7.67. The van der Waals surface area contributed by atoms with Gasteiger partial charge in [0.2, 0.25) is 0 Å². The average molecular weight is 624 g/mol. The Balaban J connectivity index is 1.46. The molecule has 0 aromatic heterocycles. The summed E-state index contributed by atoms with van der Waals surface area (Å²) in [5.74, 6) is 1.13. The summed E-state index contributed by atoms with van der Waals surface area (Å²) in [5, 5.41) is 25.8. The molecule has 0 saturated carbocycles. The van der Waals surface area contributed by atoms with Crippen LogP contribution in [0.25, 0.3) is 0 Å². The van der Waals surface area contributed by atoms with E-state index in [1.165, 1.54) is 24.3 Å². The molecule has 1 heterocycles. The van der Waals surface area contributed by atoms with Crippen LogP contribution in [0.5, 0.6) is 11.5 Å². The van der Waals surface area contributed by atoms with Crippen molar-refractivity contribution in [3.05, 3.63) is 94.9 Å². The highest BCUT2D eigenvalue weighted by molar-refractivity contribution is 9.11. The molecule has 3 aromatic rings. The van der Waals surface area contributed by atoms with E-state index >= 15 is 0 Å². The van der Waals surface area contributed by atoms with Crippen molar-refractivity contribution in [1.82, 2.24) is 5.17 Å². The number of hydrogen-bond donors (Lipinski definition) is 0. The quantitative estimate of drug-likeness (QED) is 0.157. The van der Waals surface area contributed by atoms with E-state index in [2.05, 4.69) is 31.9 Å². The molecular weight excluding hydrogens is 604 g/mol. The maximum atomic E-state index is 11.2. The predicted molar refractivity (Wildman–Crippen MR) is 138 cm³/mol. The van der Waals surface area contributed by atoms with E-state index in [0.29, 0.717) is 33.5 Å². The number of anilines is 1. The van der Waals surface area contributed by atoms with Crippen molar-refractivity contribution < 1.29 is 24.2 Å². The first-order valence-corrected chi connectivity index (χ1v) is 12.2. The molecule has 0 amide bonds. The number of ether oxygens (including phenoxy) is 2. The molecule has 0 bridgehead atoms. The van der Waals surface area contributed by atoms with Crippen LogP contribution in [0.4, 0.5) is 17.1 Å². The van der Waals surface area contributed by atoms with Crippen LogP contribution in [0.3, 0.4) is 0 Å². The van der Waals surface area contributed by atoms with Crippen molar-refractivity contribution in [2.45, 2.75) is 13.1 Å². The van der Waals surface area contributed by atoms with Crippen molar-refractivity contribution in [2.24, 2.45) is 0 Å². The van der Waals surface area contributed by atoms with Crippen molar-refractivity contribution in [1.29, 1.82) is 0 Å². The van der Waals surface area contributed by atoms with Crippen LogP contribution >= 0.6 is 31.9 Å². The first kappa shape index (κ1) is 25.8. The maximum Gasteiger partial charge on any atom is 0.271 e. The summed E-state index contributed by atoms with van der Waals surface area (Å²) < 4.78 is 12.0. The molecular formula is C23H20Br2N4O7. The van der Waals surface area contributed by atoms with E-state index in [-0.39, 0.29) is 24.6 Å². The van der Waals surface area contributed by atoms with Crippen LogP contribution in [-0.4, -0.2) is 35.3 Å². The fourth-order valence-electron chi connectivity index (χ4n) is 3.72. The Hall–Kier alpha value is -3.26. The van der Waals surface area contributed by atoms with Crippen molar-refractivity contribution in [2.75, 3.05) is 25.3 Å². The van der Waals surface area contributed by atoms with E-state index < -0.39 is 9.85 Å². The highest BCUT2D eigenvalue weighted by Crippen LogP contribution is 2.38. The average Bonchev–Trinajstić information content (AvgIpc) is 3.19. The summed E-state index contributed by atoms with van der Waals surface area (Å²) in [4.78, 5) is 27.3. The monoisotopic (exact) mass is 622 g/mol. The summed E-state index contributed by atoms with van der Waals surface area (Å²) in [5.41, 5.74) is 2.56. The van der Waals surface area contributed by atoms with Gasteiger partial charge >= 0.3 is 0 Å². The number of nitrogens with zero attached hydrogens (tertiary/aromatic N) is 4. The van der Waals surface area contributed by atoms with Crippen LogP contribution in [0, 0.1) is 20.2 Å². The van der Waals surface area contributed by atoms with Crippen molar-refractivity contribution >= 4 is 48.9 Å². The maximum absolute atomic E-state index is 11.2. The Kier molecular flexibility index (Phi) is 8.04. The zero-order valence-electron chi connectivity index (χ0n) is 18.9. The molecule has 13 heteroatoms. The number of hydrazine groups is 1. The number of methoxy groups -OCH3 is 1. The van der Waals surface area contributed by atoms with Crippen LogP contribution in [-0.2, 0) is 17.9 Å². The van der Waals surface area contributed by atoms with Gasteiger partial charge in [-0.25, -0.2) is 0 Å². The Morgan fingerprint density at radius 1 is 0.944 bits per heavy atom. The molecule has 0 radical (unpaired) electrons. The molecule has 0 unspecified atom stereocenters. The van der Waals surface area contributed by atoms with E-state index in [9.17, 15) is 20.2 Å². The number of halogens is 2. The van der Waals surface area contributed by atoms with Gasteiger partial charge < -0.3 is 9.47 Å². The summed E-state index contributed by atoms with van der Waals surface area (Å²) >= 11 is 6.60. The van der Waals surface area contributed by atoms with Gasteiger partial charge in [-0.1, -0.05) is 17.3 Å². The Labute approximate surface area is 222 Å². The van der Waals surface area contributed by atoms with Gasteiger partial charge in [0.1, 0.15) is 24.7 Å². The molecule has 0 N–H and O–H groups in total. The lowest BCUT2D eigenvalue weighted by atomic mass is 10.1. The lowest BCUT2D eigenvalue weighted by molar-refractivity contribution is -0.385. The molecule has 1 aliphatic rings. The molecule has 1 aliphatic heterocycles. The number of benzene rings is 3. The smallest absolute Gasteiger partial charge is 0.271 e. The van der Waals surface area contributed by atoms with Gasteiger partial charge in [-0.3, -0.25) is 30.1 Å². The van der Waals surface area contributed by atoms with Crippen LogP contribution in [0.1, 0.15) is 11.1 Å². The summed E-state index contributed by atoms with van der Waals surface area (Å²) in [6, 6.07) is 14.9. The number of rotatable bonds is 10. The number of fused-ring (bicyclic) bond motifs is 1. The lowest BCUT2D eigenvalue weighted by Gasteiger charge is -2.29. The molecule has 11 nitrogen and oxygen atoms in total. The molecule has 0 fully saturated rings. The van der Waals surface area contributed by atoms with E-state index in [0.717, 1.165) is 16.8 Å². The standard InChI is InChI=1S/C23H20Br2N4O7/c1-34-19-5-6-22-16(10-19)14-27(26(22)13-15-3-2-4-17(9-15)28(30)31)36-8-7-35-23-20(24)11-18(29(32)33)12-21(23)25/h2-6,9-12H,7-8,13-14H2,1H3. The zero-order chi connectivity index (χ0) is 25.8. The second-order valence-corrected chi connectivity index (χ2v) is 9.38. The largest absolute Gasteiger partial charge is 0.497 e.